The Bertz CT molecular complexity index is 1490. The average molecular weight is 592 g/mol. The number of rotatable bonds is 5. The molecule has 1 saturated heterocycles. The molecule has 3 aromatic carbocycles. The molecule has 1 aliphatic rings. The average Bonchev–Trinajstić information content (AvgIpc) is 3.17. The van der Waals surface area contributed by atoms with E-state index in [-0.39, 0.29) is 38.8 Å². The number of nitriles is 1. The van der Waals surface area contributed by atoms with Gasteiger partial charge in [-0.15, -0.1) is 0 Å². The fourth-order valence-electron chi connectivity index (χ4n) is 5.49. The van der Waals surface area contributed by atoms with Gasteiger partial charge in [-0.1, -0.05) is 62.2 Å². The van der Waals surface area contributed by atoms with E-state index < -0.39 is 58.0 Å². The molecular formula is C30H27Cl2F4N3O. The quantitative estimate of drug-likeness (QED) is 0.297. The zero-order valence-electron chi connectivity index (χ0n) is 22.2. The van der Waals surface area contributed by atoms with Gasteiger partial charge in [0.15, 0.2) is 0 Å². The molecule has 3 aromatic rings. The first-order valence-electron chi connectivity index (χ1n) is 12.5. The summed E-state index contributed by atoms with van der Waals surface area (Å²) < 4.78 is 59.8. The summed E-state index contributed by atoms with van der Waals surface area (Å²) in [5.74, 6) is -5.51. The molecule has 0 aromatic heterocycles. The lowest BCUT2D eigenvalue weighted by atomic mass is 9.62. The maximum atomic E-state index is 15.7. The summed E-state index contributed by atoms with van der Waals surface area (Å²) in [6, 6.07) is 9.98. The molecule has 0 spiro atoms. The van der Waals surface area contributed by atoms with Crippen LogP contribution in [0.1, 0.15) is 49.8 Å². The highest BCUT2D eigenvalue weighted by atomic mass is 35.5. The van der Waals surface area contributed by atoms with Crippen LogP contribution >= 0.6 is 23.2 Å². The van der Waals surface area contributed by atoms with Crippen molar-refractivity contribution in [2.45, 2.75) is 57.5 Å². The fraction of sp³-hybridized carbons (Fsp3) is 0.333. The maximum absolute atomic E-state index is 15.7. The van der Waals surface area contributed by atoms with Crippen molar-refractivity contribution in [1.82, 2.24) is 5.32 Å². The topological polar surface area (TPSA) is 64.9 Å². The van der Waals surface area contributed by atoms with Gasteiger partial charge in [0.05, 0.1) is 17.1 Å². The Balaban J connectivity index is 1.96. The number of carbonyl (C=O) groups excluding carboxylic acids is 1. The first-order chi connectivity index (χ1) is 18.7. The van der Waals surface area contributed by atoms with E-state index in [1.807, 2.05) is 20.8 Å². The maximum Gasteiger partial charge on any atom is 0.242 e. The number of halogens is 6. The van der Waals surface area contributed by atoms with E-state index in [4.69, 9.17) is 23.2 Å². The Hall–Kier alpha value is -3.12. The molecule has 0 bridgehead atoms. The minimum atomic E-state index is -1.82. The molecule has 10 heteroatoms. The molecule has 1 fully saturated rings. The molecule has 0 saturated carbocycles. The highest BCUT2D eigenvalue weighted by molar-refractivity contribution is 6.31. The molecule has 4 rings (SSSR count). The van der Waals surface area contributed by atoms with E-state index >= 15 is 8.78 Å². The molecular weight excluding hydrogens is 565 g/mol. The predicted octanol–water partition coefficient (Wildman–Crippen LogP) is 7.82. The molecule has 210 valence electrons. The third-order valence-corrected chi connectivity index (χ3v) is 7.81. The van der Waals surface area contributed by atoms with Crippen LogP contribution in [0.3, 0.4) is 0 Å². The highest BCUT2D eigenvalue weighted by Crippen LogP contribution is 2.52. The van der Waals surface area contributed by atoms with Crippen molar-refractivity contribution < 1.29 is 22.4 Å². The van der Waals surface area contributed by atoms with E-state index in [2.05, 4.69) is 16.7 Å². The van der Waals surface area contributed by atoms with Gasteiger partial charge in [0.2, 0.25) is 5.91 Å². The van der Waals surface area contributed by atoms with Crippen LogP contribution in [0.5, 0.6) is 0 Å². The summed E-state index contributed by atoms with van der Waals surface area (Å²) in [4.78, 5) is 13.8. The molecule has 4 atom stereocenters. The predicted molar refractivity (Wildman–Crippen MR) is 147 cm³/mol. The molecule has 2 N–H and O–H groups in total. The van der Waals surface area contributed by atoms with E-state index in [9.17, 15) is 18.8 Å². The molecule has 1 amide bonds. The minimum Gasteiger partial charge on any atom is -0.325 e. The number of hydrogen-bond donors (Lipinski definition) is 2. The van der Waals surface area contributed by atoms with Crippen molar-refractivity contribution in [3.63, 3.8) is 0 Å². The second-order valence-corrected chi connectivity index (χ2v) is 12.1. The Morgan fingerprint density at radius 2 is 1.70 bits per heavy atom. The van der Waals surface area contributed by atoms with Crippen molar-refractivity contribution in [2.75, 3.05) is 5.32 Å². The monoisotopic (exact) mass is 591 g/mol. The number of nitrogens with zero attached hydrogens (tertiary/aromatic N) is 1. The van der Waals surface area contributed by atoms with E-state index in [0.717, 1.165) is 18.2 Å². The van der Waals surface area contributed by atoms with Crippen molar-refractivity contribution in [3.8, 4) is 6.07 Å². The third kappa shape index (κ3) is 5.43. The molecule has 40 heavy (non-hydrogen) atoms. The van der Waals surface area contributed by atoms with Crippen LogP contribution in [-0.4, -0.2) is 18.0 Å². The van der Waals surface area contributed by atoms with Crippen LogP contribution in [0.4, 0.5) is 23.2 Å². The Kier molecular flexibility index (Phi) is 8.24. The number of amides is 1. The summed E-state index contributed by atoms with van der Waals surface area (Å²) in [5, 5.41) is 16.3. The third-order valence-electron chi connectivity index (χ3n) is 7.28. The second-order valence-electron chi connectivity index (χ2n) is 11.2. The number of benzene rings is 3. The molecule has 0 radical (unpaired) electrons. The molecule has 4 unspecified atom stereocenters. The molecule has 0 aliphatic carbocycles. The summed E-state index contributed by atoms with van der Waals surface area (Å²) in [5.41, 5.74) is -2.80. The Morgan fingerprint density at radius 1 is 1.05 bits per heavy atom. The van der Waals surface area contributed by atoms with Gasteiger partial charge >= 0.3 is 0 Å². The highest BCUT2D eigenvalue weighted by Gasteiger charge is 2.61. The number of nitrogens with one attached hydrogen (secondary N) is 2. The number of hydrogen-bond acceptors (Lipinski definition) is 3. The van der Waals surface area contributed by atoms with Crippen LogP contribution < -0.4 is 10.6 Å². The van der Waals surface area contributed by atoms with Gasteiger partial charge in [0, 0.05) is 33.8 Å². The SMILES string of the molecule is Cc1c(F)cc(NC(=O)C2NC(CC(C)(C)C)C(C#N)(c3ccc(Cl)cc3F)C2c2cccc(Cl)c2F)cc1F. The lowest BCUT2D eigenvalue weighted by molar-refractivity contribution is -0.118. The van der Waals surface area contributed by atoms with Gasteiger partial charge in [-0.05, 0) is 54.7 Å². The lowest BCUT2D eigenvalue weighted by Gasteiger charge is -2.37. The van der Waals surface area contributed by atoms with Gasteiger partial charge in [-0.25, -0.2) is 17.6 Å². The first kappa shape index (κ1) is 29.9. The van der Waals surface area contributed by atoms with Crippen LogP contribution in [-0.2, 0) is 10.2 Å². The van der Waals surface area contributed by atoms with E-state index in [1.54, 1.807) is 0 Å². The van der Waals surface area contributed by atoms with Crippen molar-refractivity contribution in [2.24, 2.45) is 5.41 Å². The standard InChI is InChI=1S/C30H27Cl2F4N3O/c1-15-21(33)11-17(12-22(15)34)38-28(40)27-25(18-6-5-7-20(32)26(18)36)30(14-37,24(39-27)13-29(2,3)4)19-9-8-16(31)10-23(19)35/h5-12,24-25,27,39H,13H2,1-4H3,(H,38,40). The van der Waals surface area contributed by atoms with Crippen molar-refractivity contribution in [1.29, 1.82) is 5.26 Å². The summed E-state index contributed by atoms with van der Waals surface area (Å²) >= 11 is 12.1. The first-order valence-corrected chi connectivity index (χ1v) is 13.3. The van der Waals surface area contributed by atoms with Gasteiger partial charge in [-0.3, -0.25) is 4.79 Å². The largest absolute Gasteiger partial charge is 0.325 e. The molecule has 1 aliphatic heterocycles. The van der Waals surface area contributed by atoms with Crippen molar-refractivity contribution in [3.05, 3.63) is 98.5 Å². The number of carbonyl (C=O) groups is 1. The molecule has 4 nitrogen and oxygen atoms in total. The van der Waals surface area contributed by atoms with E-state index in [0.29, 0.717) is 0 Å². The zero-order valence-corrected chi connectivity index (χ0v) is 23.7. The van der Waals surface area contributed by atoms with Crippen LogP contribution in [0.2, 0.25) is 10.0 Å². The molecule has 1 heterocycles. The Labute approximate surface area is 240 Å². The Morgan fingerprint density at radius 3 is 2.27 bits per heavy atom. The van der Waals surface area contributed by atoms with Crippen LogP contribution in [0.15, 0.2) is 48.5 Å². The smallest absolute Gasteiger partial charge is 0.242 e. The van der Waals surface area contributed by atoms with E-state index in [1.165, 1.54) is 37.3 Å². The van der Waals surface area contributed by atoms with Gasteiger partial charge in [0.1, 0.15) is 28.7 Å². The van der Waals surface area contributed by atoms with Gasteiger partial charge < -0.3 is 10.6 Å². The minimum absolute atomic E-state index is 0.0757. The summed E-state index contributed by atoms with van der Waals surface area (Å²) in [6.07, 6.45) is 0.277. The van der Waals surface area contributed by atoms with Crippen LogP contribution in [0, 0.1) is 46.9 Å². The van der Waals surface area contributed by atoms with Gasteiger partial charge in [0.25, 0.3) is 0 Å². The van der Waals surface area contributed by atoms with Crippen molar-refractivity contribution >= 4 is 34.8 Å². The lowest BCUT2D eigenvalue weighted by Crippen LogP contribution is -2.45. The second kappa shape index (κ2) is 11.0. The van der Waals surface area contributed by atoms with Crippen LogP contribution in [0.25, 0.3) is 0 Å². The zero-order chi connectivity index (χ0) is 29.6. The number of anilines is 1. The van der Waals surface area contributed by atoms with Gasteiger partial charge in [-0.2, -0.15) is 5.26 Å². The summed E-state index contributed by atoms with van der Waals surface area (Å²) in [6.45, 7) is 6.99. The summed E-state index contributed by atoms with van der Waals surface area (Å²) in [7, 11) is 0. The fourth-order valence-corrected chi connectivity index (χ4v) is 5.83. The normalized spacial score (nSPS) is 22.7.